The predicted octanol–water partition coefficient (Wildman–Crippen LogP) is 0.797. The number of aliphatic carboxylic acids is 1. The molecule has 1 aliphatic heterocycles. The van der Waals surface area contributed by atoms with Crippen molar-refractivity contribution in [1.82, 2.24) is 15.5 Å². The van der Waals surface area contributed by atoms with Gasteiger partial charge in [0.15, 0.2) is 0 Å². The van der Waals surface area contributed by atoms with Gasteiger partial charge in [-0.1, -0.05) is 0 Å². The Labute approximate surface area is 125 Å². The smallest absolute Gasteiger partial charge is 0.317 e. The quantitative estimate of drug-likeness (QED) is 0.717. The normalized spacial score (nSPS) is 18.0. The summed E-state index contributed by atoms with van der Waals surface area (Å²) in [6.07, 6.45) is 0.841. The van der Waals surface area contributed by atoms with Gasteiger partial charge in [0.1, 0.15) is 0 Å². The molecule has 0 aromatic heterocycles. The number of nitrogens with zero attached hydrogens (tertiary/aromatic N) is 1. The Kier molecular flexibility index (Phi) is 5.20. The molecule has 3 N–H and O–H groups in total. The first-order valence-electron chi connectivity index (χ1n) is 7.11. The summed E-state index contributed by atoms with van der Waals surface area (Å²) in [5.41, 5.74) is -1.10. The molecule has 7 nitrogen and oxygen atoms in total. The molecular formula is C14H25N3O4. The number of carbonyl (C=O) groups excluding carboxylic acids is 2. The van der Waals surface area contributed by atoms with Crippen LogP contribution < -0.4 is 10.6 Å². The molecule has 0 spiro atoms. The fourth-order valence-corrected chi connectivity index (χ4v) is 2.15. The average Bonchev–Trinajstić information content (AvgIpc) is 2.34. The van der Waals surface area contributed by atoms with E-state index in [9.17, 15) is 14.4 Å². The summed E-state index contributed by atoms with van der Waals surface area (Å²) in [4.78, 5) is 36.2. The number of nitrogens with one attached hydrogen (secondary N) is 2. The Morgan fingerprint density at radius 2 is 1.71 bits per heavy atom. The van der Waals surface area contributed by atoms with Gasteiger partial charge in [0.2, 0.25) is 5.91 Å². The van der Waals surface area contributed by atoms with Crippen LogP contribution >= 0.6 is 0 Å². The van der Waals surface area contributed by atoms with E-state index >= 15 is 0 Å². The molecule has 0 atom stereocenters. The van der Waals surface area contributed by atoms with Crippen molar-refractivity contribution in [1.29, 1.82) is 0 Å². The Balaban J connectivity index is 2.38. The first kappa shape index (κ1) is 17.3. The zero-order valence-electron chi connectivity index (χ0n) is 13.2. The van der Waals surface area contributed by atoms with Crippen LogP contribution in [0.15, 0.2) is 0 Å². The van der Waals surface area contributed by atoms with Crippen molar-refractivity contribution in [2.75, 3.05) is 19.6 Å². The molecule has 0 aromatic carbocycles. The Morgan fingerprint density at radius 1 is 1.19 bits per heavy atom. The van der Waals surface area contributed by atoms with E-state index in [2.05, 4.69) is 10.6 Å². The van der Waals surface area contributed by atoms with Gasteiger partial charge in [0.05, 0.1) is 12.0 Å². The summed E-state index contributed by atoms with van der Waals surface area (Å²) in [6.45, 7) is 7.98. The molecule has 0 aromatic rings. The molecule has 7 heteroatoms. The number of hydrogen-bond donors (Lipinski definition) is 3. The second kappa shape index (κ2) is 6.32. The third-order valence-corrected chi connectivity index (χ3v) is 3.59. The molecule has 0 unspecified atom stereocenters. The van der Waals surface area contributed by atoms with Crippen LogP contribution in [0.5, 0.6) is 0 Å². The zero-order valence-corrected chi connectivity index (χ0v) is 13.2. The SMILES string of the molecule is CC(C)(C)NC(=O)CNC(=O)N1CCC(C)(C(=O)O)CC1. The van der Waals surface area contributed by atoms with E-state index in [0.717, 1.165) is 0 Å². The topological polar surface area (TPSA) is 98.7 Å². The molecule has 1 rings (SSSR count). The number of likely N-dealkylation sites (tertiary alicyclic amines) is 1. The van der Waals surface area contributed by atoms with E-state index < -0.39 is 11.4 Å². The van der Waals surface area contributed by atoms with E-state index in [-0.39, 0.29) is 24.0 Å². The average molecular weight is 299 g/mol. The fourth-order valence-electron chi connectivity index (χ4n) is 2.15. The maximum Gasteiger partial charge on any atom is 0.317 e. The molecular weight excluding hydrogens is 274 g/mol. The minimum absolute atomic E-state index is 0.0806. The third-order valence-electron chi connectivity index (χ3n) is 3.59. The van der Waals surface area contributed by atoms with Crippen LogP contribution in [0.3, 0.4) is 0 Å². The first-order chi connectivity index (χ1) is 9.53. The minimum Gasteiger partial charge on any atom is -0.481 e. The summed E-state index contributed by atoms with van der Waals surface area (Å²) in [7, 11) is 0. The monoisotopic (exact) mass is 299 g/mol. The van der Waals surface area contributed by atoms with Crippen molar-refractivity contribution in [3.63, 3.8) is 0 Å². The molecule has 1 aliphatic rings. The molecule has 3 amide bonds. The summed E-state index contributed by atoms with van der Waals surface area (Å²) in [6, 6.07) is -0.327. The van der Waals surface area contributed by atoms with Crippen LogP contribution in [0.25, 0.3) is 0 Å². The van der Waals surface area contributed by atoms with Gasteiger partial charge in [0, 0.05) is 18.6 Å². The van der Waals surface area contributed by atoms with Gasteiger partial charge in [-0.05, 0) is 40.5 Å². The lowest BCUT2D eigenvalue weighted by Gasteiger charge is -2.36. The van der Waals surface area contributed by atoms with Gasteiger partial charge in [-0.25, -0.2) is 4.79 Å². The maximum atomic E-state index is 11.9. The number of piperidine rings is 1. The van der Waals surface area contributed by atoms with Crippen LogP contribution in [-0.4, -0.2) is 53.1 Å². The molecule has 120 valence electrons. The lowest BCUT2D eigenvalue weighted by atomic mass is 9.80. The van der Waals surface area contributed by atoms with Gasteiger partial charge in [-0.3, -0.25) is 9.59 Å². The minimum atomic E-state index is -0.827. The number of carbonyl (C=O) groups is 3. The standard InChI is InChI=1S/C14H25N3O4/c1-13(2,3)16-10(18)9-15-12(21)17-7-5-14(4,6-8-17)11(19)20/h5-9H2,1-4H3,(H,15,21)(H,16,18)(H,19,20). The Bertz CT molecular complexity index is 420. The second-order valence-corrected chi connectivity index (χ2v) is 6.81. The number of hydrogen-bond acceptors (Lipinski definition) is 3. The molecule has 0 aliphatic carbocycles. The zero-order chi connectivity index (χ0) is 16.3. The van der Waals surface area contributed by atoms with E-state index in [0.29, 0.717) is 25.9 Å². The van der Waals surface area contributed by atoms with E-state index in [1.54, 1.807) is 11.8 Å². The van der Waals surface area contributed by atoms with Gasteiger partial charge in [-0.2, -0.15) is 0 Å². The van der Waals surface area contributed by atoms with Crippen molar-refractivity contribution in [2.24, 2.45) is 5.41 Å². The van der Waals surface area contributed by atoms with Gasteiger partial charge >= 0.3 is 12.0 Å². The van der Waals surface area contributed by atoms with Crippen LogP contribution in [0.2, 0.25) is 0 Å². The molecule has 21 heavy (non-hydrogen) atoms. The maximum absolute atomic E-state index is 11.9. The van der Waals surface area contributed by atoms with Gasteiger partial charge in [-0.15, -0.1) is 0 Å². The van der Waals surface area contributed by atoms with Crippen molar-refractivity contribution in [3.05, 3.63) is 0 Å². The van der Waals surface area contributed by atoms with Crippen LogP contribution in [-0.2, 0) is 9.59 Å². The third kappa shape index (κ3) is 5.24. The second-order valence-electron chi connectivity index (χ2n) is 6.81. The number of urea groups is 1. The first-order valence-corrected chi connectivity index (χ1v) is 7.11. The van der Waals surface area contributed by atoms with E-state index in [1.165, 1.54) is 0 Å². The van der Waals surface area contributed by atoms with Crippen LogP contribution in [0.1, 0.15) is 40.5 Å². The van der Waals surface area contributed by atoms with Crippen molar-refractivity contribution in [3.8, 4) is 0 Å². The highest BCUT2D eigenvalue weighted by Gasteiger charge is 2.38. The van der Waals surface area contributed by atoms with Gasteiger partial charge in [0.25, 0.3) is 0 Å². The van der Waals surface area contributed by atoms with Crippen molar-refractivity contribution < 1.29 is 19.5 Å². The van der Waals surface area contributed by atoms with Crippen molar-refractivity contribution in [2.45, 2.75) is 46.1 Å². The summed E-state index contributed by atoms with van der Waals surface area (Å²) < 4.78 is 0. The molecule has 0 saturated carbocycles. The highest BCUT2D eigenvalue weighted by molar-refractivity contribution is 5.84. The number of rotatable bonds is 3. The van der Waals surface area contributed by atoms with Crippen LogP contribution in [0, 0.1) is 5.41 Å². The summed E-state index contributed by atoms with van der Waals surface area (Å²) >= 11 is 0. The molecule has 0 bridgehead atoms. The van der Waals surface area contributed by atoms with E-state index in [1.807, 2.05) is 20.8 Å². The fraction of sp³-hybridized carbons (Fsp3) is 0.786. The Hall–Kier alpha value is -1.79. The Morgan fingerprint density at radius 3 is 2.14 bits per heavy atom. The number of amides is 3. The largest absolute Gasteiger partial charge is 0.481 e. The summed E-state index contributed by atoms with van der Waals surface area (Å²) in [5, 5.41) is 14.4. The molecule has 1 heterocycles. The number of carboxylic acid groups (broad SMARTS) is 1. The number of carboxylic acids is 1. The molecule has 0 radical (unpaired) electrons. The van der Waals surface area contributed by atoms with Gasteiger partial charge < -0.3 is 20.6 Å². The molecule has 1 saturated heterocycles. The van der Waals surface area contributed by atoms with E-state index in [4.69, 9.17) is 5.11 Å². The van der Waals surface area contributed by atoms with Crippen LogP contribution in [0.4, 0.5) is 4.79 Å². The molecule has 1 fully saturated rings. The lowest BCUT2D eigenvalue weighted by molar-refractivity contribution is -0.150. The van der Waals surface area contributed by atoms with Crippen molar-refractivity contribution >= 4 is 17.9 Å². The highest BCUT2D eigenvalue weighted by Crippen LogP contribution is 2.30. The summed E-state index contributed by atoms with van der Waals surface area (Å²) in [5.74, 6) is -1.07. The highest BCUT2D eigenvalue weighted by atomic mass is 16.4. The lowest BCUT2D eigenvalue weighted by Crippen LogP contribution is -2.51. The predicted molar refractivity (Wildman–Crippen MR) is 77.8 cm³/mol.